The third-order valence-electron chi connectivity index (χ3n) is 2.44. The molecular formula is C12H14N4O2. The summed E-state index contributed by atoms with van der Waals surface area (Å²) < 4.78 is 5.05. The highest BCUT2D eigenvalue weighted by Crippen LogP contribution is 2.22. The molecule has 2 aromatic rings. The summed E-state index contributed by atoms with van der Waals surface area (Å²) in [5, 5.41) is 2.71. The molecule has 2 aromatic heterocycles. The molecule has 0 aliphatic heterocycles. The van der Waals surface area contributed by atoms with Crippen molar-refractivity contribution < 1.29 is 9.53 Å². The van der Waals surface area contributed by atoms with Gasteiger partial charge in [-0.25, -0.2) is 4.98 Å². The monoisotopic (exact) mass is 246 g/mol. The molecule has 0 bridgehead atoms. The summed E-state index contributed by atoms with van der Waals surface area (Å²) in [5.41, 5.74) is 7.34. The second-order valence-electron chi connectivity index (χ2n) is 3.86. The Morgan fingerprint density at radius 3 is 2.89 bits per heavy atom. The molecule has 0 aromatic carbocycles. The Kier molecular flexibility index (Phi) is 3.38. The van der Waals surface area contributed by atoms with Crippen LogP contribution in [-0.2, 0) is 4.79 Å². The first-order valence-corrected chi connectivity index (χ1v) is 5.48. The lowest BCUT2D eigenvalue weighted by atomic mass is 10.2. The molecule has 2 rings (SSSR count). The summed E-state index contributed by atoms with van der Waals surface area (Å²) in [4.78, 5) is 20.0. The second-order valence-corrected chi connectivity index (χ2v) is 3.86. The van der Waals surface area contributed by atoms with E-state index in [9.17, 15) is 4.79 Å². The number of hydrogen-bond acceptors (Lipinski definition) is 5. The summed E-state index contributed by atoms with van der Waals surface area (Å²) in [6.45, 7) is 1.62. The number of nitrogens with one attached hydrogen (secondary N) is 1. The van der Waals surface area contributed by atoms with E-state index in [0.717, 1.165) is 0 Å². The molecule has 1 amide bonds. The molecule has 94 valence electrons. The summed E-state index contributed by atoms with van der Waals surface area (Å²) in [7, 11) is 1.53. The van der Waals surface area contributed by atoms with E-state index in [0.29, 0.717) is 22.6 Å². The summed E-state index contributed by atoms with van der Waals surface area (Å²) in [6, 6.07) is 4.59. The Balaban J connectivity index is 2.46. The number of nitrogens with zero attached hydrogens (tertiary/aromatic N) is 2. The normalized spacial score (nSPS) is 12.2. The minimum atomic E-state index is -0.584. The number of ether oxygens (including phenoxy) is 1. The third-order valence-corrected chi connectivity index (χ3v) is 2.44. The average Bonchev–Trinajstić information content (AvgIpc) is 2.38. The van der Waals surface area contributed by atoms with Crippen LogP contribution in [0.1, 0.15) is 6.92 Å². The molecule has 2 heterocycles. The van der Waals surface area contributed by atoms with E-state index < -0.39 is 6.04 Å². The topological polar surface area (TPSA) is 90.1 Å². The fraction of sp³-hybridized carbons (Fsp3) is 0.250. The predicted octanol–water partition coefficient (Wildman–Crippen LogP) is 0.924. The molecule has 0 saturated carbocycles. The fourth-order valence-electron chi connectivity index (χ4n) is 1.47. The lowest BCUT2D eigenvalue weighted by molar-refractivity contribution is -0.117. The third kappa shape index (κ3) is 2.38. The van der Waals surface area contributed by atoms with Crippen LogP contribution in [0.3, 0.4) is 0 Å². The number of methoxy groups -OCH3 is 1. The van der Waals surface area contributed by atoms with E-state index in [1.54, 1.807) is 31.3 Å². The number of fused-ring (bicyclic) bond motifs is 1. The van der Waals surface area contributed by atoms with Gasteiger partial charge < -0.3 is 15.8 Å². The minimum Gasteiger partial charge on any atom is -0.481 e. The van der Waals surface area contributed by atoms with Gasteiger partial charge in [0.15, 0.2) is 0 Å². The number of carbonyl (C=O) groups excluding carboxylic acids is 1. The van der Waals surface area contributed by atoms with Gasteiger partial charge in [-0.3, -0.25) is 9.78 Å². The van der Waals surface area contributed by atoms with E-state index in [1.165, 1.54) is 7.11 Å². The molecule has 0 radical (unpaired) electrons. The summed E-state index contributed by atoms with van der Waals surface area (Å²) in [6.07, 6.45) is 1.60. The number of amides is 1. The Morgan fingerprint density at radius 2 is 2.22 bits per heavy atom. The maximum absolute atomic E-state index is 11.6. The lowest BCUT2D eigenvalue weighted by Gasteiger charge is -2.10. The van der Waals surface area contributed by atoms with Crippen molar-refractivity contribution in [2.24, 2.45) is 5.73 Å². The van der Waals surface area contributed by atoms with Crippen LogP contribution in [0.2, 0.25) is 0 Å². The zero-order valence-electron chi connectivity index (χ0n) is 10.2. The lowest BCUT2D eigenvalue weighted by Crippen LogP contribution is -2.32. The fourth-order valence-corrected chi connectivity index (χ4v) is 1.47. The van der Waals surface area contributed by atoms with E-state index in [2.05, 4.69) is 15.3 Å². The van der Waals surface area contributed by atoms with Gasteiger partial charge in [0.05, 0.1) is 24.4 Å². The number of nitrogens with two attached hydrogens (primary N) is 1. The maximum Gasteiger partial charge on any atom is 0.241 e. The number of pyridine rings is 2. The molecule has 0 fully saturated rings. The van der Waals surface area contributed by atoms with E-state index in [-0.39, 0.29) is 5.91 Å². The van der Waals surface area contributed by atoms with Crippen LogP contribution in [0.15, 0.2) is 24.4 Å². The average molecular weight is 246 g/mol. The zero-order valence-corrected chi connectivity index (χ0v) is 10.2. The Labute approximate surface area is 104 Å². The molecule has 3 N–H and O–H groups in total. The standard InChI is InChI=1S/C12H14N4O2/c1-7(13)12(17)15-9-5-6-14-8-3-4-10(18-2)16-11(8)9/h3-7H,13H2,1-2H3,(H,14,15,17). The van der Waals surface area contributed by atoms with Crippen LogP contribution in [0.25, 0.3) is 11.0 Å². The largest absolute Gasteiger partial charge is 0.481 e. The first-order valence-electron chi connectivity index (χ1n) is 5.48. The van der Waals surface area contributed by atoms with Crippen molar-refractivity contribution in [1.29, 1.82) is 0 Å². The van der Waals surface area contributed by atoms with Crippen molar-refractivity contribution in [3.05, 3.63) is 24.4 Å². The van der Waals surface area contributed by atoms with Gasteiger partial charge in [-0.15, -0.1) is 0 Å². The van der Waals surface area contributed by atoms with Crippen molar-refractivity contribution >= 4 is 22.6 Å². The van der Waals surface area contributed by atoms with Gasteiger partial charge in [-0.2, -0.15) is 0 Å². The SMILES string of the molecule is COc1ccc2nccc(NC(=O)C(C)N)c2n1. The molecule has 1 atom stereocenters. The Morgan fingerprint density at radius 1 is 1.44 bits per heavy atom. The van der Waals surface area contributed by atoms with Crippen molar-refractivity contribution in [2.75, 3.05) is 12.4 Å². The number of aromatic nitrogens is 2. The maximum atomic E-state index is 11.6. The van der Waals surface area contributed by atoms with E-state index in [4.69, 9.17) is 10.5 Å². The smallest absolute Gasteiger partial charge is 0.241 e. The van der Waals surface area contributed by atoms with Crippen LogP contribution in [0, 0.1) is 0 Å². The van der Waals surface area contributed by atoms with Crippen LogP contribution < -0.4 is 15.8 Å². The van der Waals surface area contributed by atoms with Gasteiger partial charge in [0.25, 0.3) is 0 Å². The Bertz CT molecular complexity index is 583. The van der Waals surface area contributed by atoms with Gasteiger partial charge in [0, 0.05) is 12.3 Å². The quantitative estimate of drug-likeness (QED) is 0.840. The number of rotatable bonds is 3. The molecule has 6 nitrogen and oxygen atoms in total. The molecular weight excluding hydrogens is 232 g/mol. The molecule has 0 spiro atoms. The highest BCUT2D eigenvalue weighted by Gasteiger charge is 2.11. The van der Waals surface area contributed by atoms with Crippen molar-refractivity contribution in [3.8, 4) is 5.88 Å². The Hall–Kier alpha value is -2.21. The number of carbonyl (C=O) groups is 1. The van der Waals surface area contributed by atoms with Gasteiger partial charge in [-0.05, 0) is 19.1 Å². The molecule has 0 aliphatic rings. The van der Waals surface area contributed by atoms with Gasteiger partial charge in [-0.1, -0.05) is 0 Å². The molecule has 0 saturated heterocycles. The van der Waals surface area contributed by atoms with Crippen LogP contribution in [0.5, 0.6) is 5.88 Å². The molecule has 18 heavy (non-hydrogen) atoms. The van der Waals surface area contributed by atoms with Crippen molar-refractivity contribution in [2.45, 2.75) is 13.0 Å². The number of anilines is 1. The highest BCUT2D eigenvalue weighted by atomic mass is 16.5. The van der Waals surface area contributed by atoms with Gasteiger partial charge in [0.1, 0.15) is 5.52 Å². The van der Waals surface area contributed by atoms with Crippen molar-refractivity contribution in [1.82, 2.24) is 9.97 Å². The van der Waals surface area contributed by atoms with Crippen LogP contribution in [-0.4, -0.2) is 29.0 Å². The van der Waals surface area contributed by atoms with Crippen molar-refractivity contribution in [3.63, 3.8) is 0 Å². The predicted molar refractivity (Wildman–Crippen MR) is 68.4 cm³/mol. The summed E-state index contributed by atoms with van der Waals surface area (Å²) >= 11 is 0. The first-order chi connectivity index (χ1) is 8.61. The van der Waals surface area contributed by atoms with E-state index >= 15 is 0 Å². The number of hydrogen-bond donors (Lipinski definition) is 2. The van der Waals surface area contributed by atoms with Gasteiger partial charge in [0.2, 0.25) is 11.8 Å². The molecule has 1 unspecified atom stereocenters. The van der Waals surface area contributed by atoms with Crippen LogP contribution in [0.4, 0.5) is 5.69 Å². The highest BCUT2D eigenvalue weighted by molar-refractivity contribution is 6.01. The van der Waals surface area contributed by atoms with Gasteiger partial charge >= 0.3 is 0 Å². The first kappa shape index (κ1) is 12.3. The zero-order chi connectivity index (χ0) is 13.1. The minimum absolute atomic E-state index is 0.271. The van der Waals surface area contributed by atoms with E-state index in [1.807, 2.05) is 0 Å². The molecule has 0 aliphatic carbocycles. The van der Waals surface area contributed by atoms with Crippen LogP contribution >= 0.6 is 0 Å². The molecule has 6 heteroatoms. The summed E-state index contributed by atoms with van der Waals surface area (Å²) in [5.74, 6) is 0.193. The second kappa shape index (κ2) is 4.97.